The van der Waals surface area contributed by atoms with Gasteiger partial charge in [0, 0.05) is 16.9 Å². The van der Waals surface area contributed by atoms with E-state index in [-0.39, 0.29) is 4.75 Å². The number of allylic oxidation sites excluding steroid dienone is 1. The smallest absolute Gasteiger partial charge is 0.315 e. The van der Waals surface area contributed by atoms with Gasteiger partial charge in [0.25, 0.3) is 5.91 Å². The number of para-hydroxylation sites is 1. The molecule has 4 nitrogen and oxygen atoms in total. The van der Waals surface area contributed by atoms with Crippen molar-refractivity contribution in [2.75, 3.05) is 13.1 Å². The summed E-state index contributed by atoms with van der Waals surface area (Å²) in [5, 5.41) is 6.95. The molecular weight excluding hydrogens is 376 g/mol. The number of fused-ring (bicyclic) bond motifs is 1. The van der Waals surface area contributed by atoms with Crippen molar-refractivity contribution in [1.82, 2.24) is 15.6 Å². The largest absolute Gasteiger partial charge is 0.315 e. The molecule has 1 aliphatic rings. The van der Waals surface area contributed by atoms with Crippen molar-refractivity contribution in [3.8, 4) is 0 Å². The molecule has 1 aliphatic heterocycles. The lowest BCUT2D eigenvalue weighted by Gasteiger charge is -2.34. The fourth-order valence-corrected chi connectivity index (χ4v) is 5.21. The van der Waals surface area contributed by atoms with Crippen LogP contribution < -0.4 is 10.6 Å². The molecule has 0 spiro atoms. The maximum Gasteiger partial charge on any atom is 0.315 e. The SMILES string of the molecule is C/C(=C(/NC(=O)C(F)F)SC1(C)CCCNC1)c1nc2ccccc2s1. The van der Waals surface area contributed by atoms with E-state index in [2.05, 4.69) is 22.5 Å². The van der Waals surface area contributed by atoms with Gasteiger partial charge in [0.1, 0.15) is 5.01 Å². The fourth-order valence-electron chi connectivity index (χ4n) is 2.85. The molecule has 1 atom stereocenters. The highest BCUT2D eigenvalue weighted by molar-refractivity contribution is 8.04. The lowest BCUT2D eigenvalue weighted by atomic mass is 10.0. The molecule has 1 unspecified atom stereocenters. The molecule has 8 heteroatoms. The first-order chi connectivity index (χ1) is 12.4. The number of benzene rings is 1. The third kappa shape index (κ3) is 4.42. The Balaban J connectivity index is 1.96. The van der Waals surface area contributed by atoms with Crippen LogP contribution in [-0.2, 0) is 4.79 Å². The molecule has 2 N–H and O–H groups in total. The van der Waals surface area contributed by atoms with Gasteiger partial charge in [-0.05, 0) is 45.4 Å². The van der Waals surface area contributed by atoms with Gasteiger partial charge in [-0.3, -0.25) is 4.79 Å². The summed E-state index contributed by atoms with van der Waals surface area (Å²) in [4.78, 5) is 16.3. The molecule has 0 aliphatic carbocycles. The van der Waals surface area contributed by atoms with Crippen molar-refractivity contribution in [3.05, 3.63) is 34.3 Å². The average Bonchev–Trinajstić information content (AvgIpc) is 3.05. The number of piperidine rings is 1. The highest BCUT2D eigenvalue weighted by Crippen LogP contribution is 2.40. The van der Waals surface area contributed by atoms with E-state index in [4.69, 9.17) is 0 Å². The van der Waals surface area contributed by atoms with Crippen LogP contribution in [0, 0.1) is 0 Å². The van der Waals surface area contributed by atoms with Gasteiger partial charge < -0.3 is 10.6 Å². The van der Waals surface area contributed by atoms with Crippen LogP contribution in [0.3, 0.4) is 0 Å². The normalized spacial score (nSPS) is 21.7. The molecule has 0 bridgehead atoms. The fraction of sp³-hybridized carbons (Fsp3) is 0.444. The van der Waals surface area contributed by atoms with E-state index in [1.165, 1.54) is 23.1 Å². The zero-order valence-corrected chi connectivity index (χ0v) is 16.3. The zero-order chi connectivity index (χ0) is 18.7. The first-order valence-electron chi connectivity index (χ1n) is 8.43. The van der Waals surface area contributed by atoms with Crippen molar-refractivity contribution >= 4 is 44.8 Å². The Morgan fingerprint density at radius 1 is 1.42 bits per heavy atom. The van der Waals surface area contributed by atoms with Crippen LogP contribution in [0.1, 0.15) is 31.7 Å². The summed E-state index contributed by atoms with van der Waals surface area (Å²) in [5.41, 5.74) is 1.58. The number of carbonyl (C=O) groups is 1. The number of halogens is 2. The standard InChI is InChI=1S/C18H21F2N3OS2/c1-11(16-22-12-6-3-4-7-13(12)25-16)17(23-15(24)14(19)20)26-18(2)8-5-9-21-10-18/h3-4,6-7,14,21H,5,8-10H2,1-2H3,(H,23,24)/b17-11+. The lowest BCUT2D eigenvalue weighted by Crippen LogP contribution is -2.42. The number of rotatable bonds is 5. The van der Waals surface area contributed by atoms with E-state index in [1.807, 2.05) is 31.2 Å². The van der Waals surface area contributed by atoms with Crippen LogP contribution >= 0.6 is 23.1 Å². The van der Waals surface area contributed by atoms with Crippen LogP contribution in [0.2, 0.25) is 0 Å². The highest BCUT2D eigenvalue weighted by atomic mass is 32.2. The zero-order valence-electron chi connectivity index (χ0n) is 14.6. The number of thiazole rings is 1. The second-order valence-electron chi connectivity index (χ2n) is 6.56. The minimum absolute atomic E-state index is 0.166. The van der Waals surface area contributed by atoms with Gasteiger partial charge in [-0.25, -0.2) is 4.98 Å². The molecule has 0 radical (unpaired) electrons. The topological polar surface area (TPSA) is 54.0 Å². The van der Waals surface area contributed by atoms with Crippen LogP contribution in [0.4, 0.5) is 8.78 Å². The number of aromatic nitrogens is 1. The molecular formula is C18H21F2N3OS2. The summed E-state index contributed by atoms with van der Waals surface area (Å²) >= 11 is 2.94. The number of thioether (sulfide) groups is 1. The minimum Gasteiger partial charge on any atom is -0.315 e. The minimum atomic E-state index is -3.05. The maximum atomic E-state index is 12.8. The number of nitrogens with one attached hydrogen (secondary N) is 2. The van der Waals surface area contributed by atoms with Gasteiger partial charge in [0.2, 0.25) is 0 Å². The number of carbonyl (C=O) groups excluding carboxylic acids is 1. The Hall–Kier alpha value is -1.51. The average molecular weight is 398 g/mol. The second kappa shape index (κ2) is 8.02. The number of alkyl halides is 2. The molecule has 2 aromatic rings. The molecule has 3 rings (SSSR count). The van der Waals surface area contributed by atoms with Crippen molar-refractivity contribution < 1.29 is 13.6 Å². The van der Waals surface area contributed by atoms with E-state index in [9.17, 15) is 13.6 Å². The third-order valence-corrected chi connectivity index (χ3v) is 6.91. The Morgan fingerprint density at radius 3 is 2.85 bits per heavy atom. The quantitative estimate of drug-likeness (QED) is 0.792. The van der Waals surface area contributed by atoms with Crippen LogP contribution in [0.5, 0.6) is 0 Å². The first kappa shape index (κ1) is 19.3. The van der Waals surface area contributed by atoms with E-state index in [0.29, 0.717) is 5.03 Å². The van der Waals surface area contributed by atoms with E-state index < -0.39 is 12.3 Å². The highest BCUT2D eigenvalue weighted by Gasteiger charge is 2.31. The number of amides is 1. The summed E-state index contributed by atoms with van der Waals surface area (Å²) in [6.07, 6.45) is -1.09. The molecule has 1 amide bonds. The summed E-state index contributed by atoms with van der Waals surface area (Å²) in [7, 11) is 0. The van der Waals surface area contributed by atoms with Gasteiger partial charge in [-0.1, -0.05) is 12.1 Å². The second-order valence-corrected chi connectivity index (χ2v) is 9.19. The lowest BCUT2D eigenvalue weighted by molar-refractivity contribution is -0.130. The third-order valence-electron chi connectivity index (χ3n) is 4.30. The summed E-state index contributed by atoms with van der Waals surface area (Å²) in [6.45, 7) is 5.63. The van der Waals surface area contributed by atoms with Gasteiger partial charge in [0.05, 0.1) is 15.2 Å². The van der Waals surface area contributed by atoms with Crippen molar-refractivity contribution in [2.45, 2.75) is 37.9 Å². The number of hydrogen-bond acceptors (Lipinski definition) is 5. The molecule has 1 aromatic heterocycles. The van der Waals surface area contributed by atoms with Gasteiger partial charge in [0.15, 0.2) is 0 Å². The molecule has 2 heterocycles. The van der Waals surface area contributed by atoms with Crippen LogP contribution in [0.25, 0.3) is 15.8 Å². The van der Waals surface area contributed by atoms with Crippen molar-refractivity contribution in [2.24, 2.45) is 0 Å². The molecule has 1 aromatic carbocycles. The van der Waals surface area contributed by atoms with Gasteiger partial charge in [-0.2, -0.15) is 8.78 Å². The van der Waals surface area contributed by atoms with E-state index >= 15 is 0 Å². The van der Waals surface area contributed by atoms with Crippen molar-refractivity contribution in [1.29, 1.82) is 0 Å². The van der Waals surface area contributed by atoms with Gasteiger partial charge in [-0.15, -0.1) is 23.1 Å². The maximum absolute atomic E-state index is 12.8. The first-order valence-corrected chi connectivity index (χ1v) is 10.1. The van der Waals surface area contributed by atoms with E-state index in [1.54, 1.807) is 0 Å². The van der Waals surface area contributed by atoms with Crippen LogP contribution in [-0.4, -0.2) is 35.2 Å². The van der Waals surface area contributed by atoms with Crippen molar-refractivity contribution in [3.63, 3.8) is 0 Å². The monoisotopic (exact) mass is 397 g/mol. The molecule has 1 saturated heterocycles. The molecule has 0 saturated carbocycles. The summed E-state index contributed by atoms with van der Waals surface area (Å²) < 4.78 is 26.5. The van der Waals surface area contributed by atoms with Gasteiger partial charge >= 0.3 is 6.43 Å². The predicted octanol–water partition coefficient (Wildman–Crippen LogP) is 4.24. The Labute approximate surface area is 159 Å². The molecule has 140 valence electrons. The number of nitrogens with zero attached hydrogens (tertiary/aromatic N) is 1. The molecule has 26 heavy (non-hydrogen) atoms. The Bertz CT molecular complexity index is 796. The Morgan fingerprint density at radius 2 is 2.19 bits per heavy atom. The Kier molecular flexibility index (Phi) is 5.94. The van der Waals surface area contributed by atoms with E-state index in [0.717, 1.165) is 46.7 Å². The predicted molar refractivity (Wildman–Crippen MR) is 104 cm³/mol. The summed E-state index contributed by atoms with van der Waals surface area (Å²) in [5.74, 6) is -1.28. The summed E-state index contributed by atoms with van der Waals surface area (Å²) in [6, 6.07) is 7.74. The number of hydrogen-bond donors (Lipinski definition) is 2. The van der Waals surface area contributed by atoms with Crippen LogP contribution in [0.15, 0.2) is 29.3 Å². The molecule has 1 fully saturated rings.